The first-order chi connectivity index (χ1) is 13.7. The first-order valence-electron chi connectivity index (χ1n) is 8.60. The van der Waals surface area contributed by atoms with Gasteiger partial charge in [-0.3, -0.25) is 4.79 Å². The Bertz CT molecular complexity index is 918. The predicted octanol–water partition coefficient (Wildman–Crippen LogP) is 3.12. The Labute approximate surface area is 163 Å². The summed E-state index contributed by atoms with van der Waals surface area (Å²) in [6.45, 7) is 1.37. The van der Waals surface area contributed by atoms with Crippen molar-refractivity contribution >= 4 is 5.91 Å². The molecule has 1 heterocycles. The molecule has 1 amide bonds. The average Bonchev–Trinajstić information content (AvgIpc) is 3.15. The molecule has 29 heavy (non-hydrogen) atoms. The fourth-order valence-electron chi connectivity index (χ4n) is 2.71. The van der Waals surface area contributed by atoms with Crippen molar-refractivity contribution in [1.82, 2.24) is 5.32 Å². The molecule has 1 aliphatic heterocycles. The highest BCUT2D eigenvalue weighted by atomic mass is 19.4. The summed E-state index contributed by atoms with van der Waals surface area (Å²) in [6, 6.07) is 5.61. The van der Waals surface area contributed by atoms with Crippen LogP contribution in [0.4, 0.5) is 17.6 Å². The van der Waals surface area contributed by atoms with Gasteiger partial charge in [-0.25, -0.2) is 4.39 Å². The number of rotatable bonds is 7. The van der Waals surface area contributed by atoms with Gasteiger partial charge in [-0.05, 0) is 19.1 Å². The third-order valence-corrected chi connectivity index (χ3v) is 4.36. The standard InChI is InChI=1S/C19H18F4N2O4/c1-10(18(24)26)25-7-11-5-6-14(17-16(11)28-9-29-17)27-8-12-3-2-4-13(15(12)20)19(21,22)23/h2-6,10,25H,7-9H2,1H3,(H2,24,26)/t10-/m0/s1. The molecule has 0 saturated heterocycles. The van der Waals surface area contributed by atoms with Crippen molar-refractivity contribution in [3.63, 3.8) is 0 Å². The summed E-state index contributed by atoms with van der Waals surface area (Å²) in [5.41, 5.74) is 4.28. The van der Waals surface area contributed by atoms with E-state index in [-0.39, 0.29) is 30.4 Å². The van der Waals surface area contributed by atoms with Crippen LogP contribution in [-0.4, -0.2) is 18.7 Å². The van der Waals surface area contributed by atoms with Gasteiger partial charge >= 0.3 is 6.18 Å². The zero-order chi connectivity index (χ0) is 21.2. The summed E-state index contributed by atoms with van der Waals surface area (Å²) >= 11 is 0. The maximum atomic E-state index is 14.1. The molecule has 2 aromatic rings. The average molecular weight is 414 g/mol. The molecule has 0 bridgehead atoms. The van der Waals surface area contributed by atoms with Crippen molar-refractivity contribution in [2.75, 3.05) is 6.79 Å². The first-order valence-corrected chi connectivity index (χ1v) is 8.60. The number of primary amides is 1. The van der Waals surface area contributed by atoms with Crippen LogP contribution in [0.3, 0.4) is 0 Å². The van der Waals surface area contributed by atoms with E-state index in [2.05, 4.69) is 5.32 Å². The Balaban J connectivity index is 1.76. The van der Waals surface area contributed by atoms with Crippen LogP contribution in [-0.2, 0) is 24.1 Å². The number of hydrogen-bond acceptors (Lipinski definition) is 5. The quantitative estimate of drug-likeness (QED) is 0.681. The second kappa shape index (κ2) is 8.16. The van der Waals surface area contributed by atoms with Gasteiger partial charge < -0.3 is 25.3 Å². The number of carbonyl (C=O) groups excluding carboxylic acids is 1. The Hall–Kier alpha value is -3.01. The molecular formula is C19H18F4N2O4. The summed E-state index contributed by atoms with van der Waals surface area (Å²) < 4.78 is 69.0. The highest BCUT2D eigenvalue weighted by Crippen LogP contribution is 2.44. The van der Waals surface area contributed by atoms with E-state index < -0.39 is 36.1 Å². The summed E-state index contributed by atoms with van der Waals surface area (Å²) in [4.78, 5) is 11.1. The van der Waals surface area contributed by atoms with Crippen LogP contribution < -0.4 is 25.3 Å². The second-order valence-electron chi connectivity index (χ2n) is 6.36. The molecule has 2 aromatic carbocycles. The predicted molar refractivity (Wildman–Crippen MR) is 93.8 cm³/mol. The zero-order valence-corrected chi connectivity index (χ0v) is 15.3. The van der Waals surface area contributed by atoms with Crippen LogP contribution in [0.5, 0.6) is 17.2 Å². The van der Waals surface area contributed by atoms with Gasteiger partial charge in [-0.15, -0.1) is 0 Å². The van der Waals surface area contributed by atoms with E-state index in [0.717, 1.165) is 6.07 Å². The SMILES string of the molecule is C[C@H](NCc1ccc(OCc2cccc(C(F)(F)F)c2F)c2c1OCO2)C(N)=O. The molecule has 0 aliphatic carbocycles. The lowest BCUT2D eigenvalue weighted by molar-refractivity contribution is -0.140. The van der Waals surface area contributed by atoms with Crippen LogP contribution in [0.25, 0.3) is 0 Å². The molecular weight excluding hydrogens is 396 g/mol. The number of benzene rings is 2. The number of amides is 1. The van der Waals surface area contributed by atoms with Gasteiger partial charge in [0.05, 0.1) is 11.6 Å². The summed E-state index contributed by atoms with van der Waals surface area (Å²) in [5, 5.41) is 2.93. The van der Waals surface area contributed by atoms with Gasteiger partial charge in [-0.2, -0.15) is 13.2 Å². The van der Waals surface area contributed by atoms with Crippen LogP contribution >= 0.6 is 0 Å². The number of carbonyl (C=O) groups is 1. The minimum absolute atomic E-state index is 0.0774. The molecule has 1 aliphatic rings. The number of ether oxygens (including phenoxy) is 3. The molecule has 1 atom stereocenters. The van der Waals surface area contributed by atoms with Gasteiger partial charge in [0.15, 0.2) is 11.5 Å². The molecule has 0 saturated carbocycles. The van der Waals surface area contributed by atoms with E-state index in [1.165, 1.54) is 12.1 Å². The van der Waals surface area contributed by atoms with Crippen LogP contribution in [0.1, 0.15) is 23.6 Å². The molecule has 0 fully saturated rings. The van der Waals surface area contributed by atoms with E-state index in [0.29, 0.717) is 17.4 Å². The maximum Gasteiger partial charge on any atom is 0.419 e. The Morgan fingerprint density at radius 1 is 1.21 bits per heavy atom. The van der Waals surface area contributed by atoms with E-state index >= 15 is 0 Å². The van der Waals surface area contributed by atoms with Crippen LogP contribution in [0, 0.1) is 5.82 Å². The highest BCUT2D eigenvalue weighted by molar-refractivity contribution is 5.79. The maximum absolute atomic E-state index is 14.1. The van der Waals surface area contributed by atoms with E-state index in [1.54, 1.807) is 13.0 Å². The lowest BCUT2D eigenvalue weighted by Crippen LogP contribution is -2.38. The number of nitrogens with two attached hydrogens (primary N) is 1. The van der Waals surface area contributed by atoms with Gasteiger partial charge in [0.25, 0.3) is 0 Å². The van der Waals surface area contributed by atoms with Crippen molar-refractivity contribution in [2.45, 2.75) is 32.3 Å². The molecule has 0 spiro atoms. The molecule has 0 radical (unpaired) electrons. The Morgan fingerprint density at radius 3 is 2.62 bits per heavy atom. The van der Waals surface area contributed by atoms with Crippen molar-refractivity contribution in [1.29, 1.82) is 0 Å². The molecule has 0 unspecified atom stereocenters. The van der Waals surface area contributed by atoms with Crippen LogP contribution in [0.2, 0.25) is 0 Å². The number of fused-ring (bicyclic) bond motifs is 1. The molecule has 10 heteroatoms. The Kier molecular flexibility index (Phi) is 5.83. The van der Waals surface area contributed by atoms with Crippen molar-refractivity contribution in [3.05, 3.63) is 52.8 Å². The lowest BCUT2D eigenvalue weighted by atomic mass is 10.1. The van der Waals surface area contributed by atoms with E-state index in [1.807, 2.05) is 0 Å². The molecule has 6 nitrogen and oxygen atoms in total. The summed E-state index contributed by atoms with van der Waals surface area (Å²) in [5.74, 6) is -1.07. The number of nitrogens with one attached hydrogen (secondary N) is 1. The third kappa shape index (κ3) is 4.53. The van der Waals surface area contributed by atoms with Crippen LogP contribution in [0.15, 0.2) is 30.3 Å². The van der Waals surface area contributed by atoms with Crippen molar-refractivity contribution in [3.8, 4) is 17.2 Å². The molecule has 3 rings (SSSR count). The zero-order valence-electron chi connectivity index (χ0n) is 15.3. The summed E-state index contributed by atoms with van der Waals surface area (Å²) in [7, 11) is 0. The lowest BCUT2D eigenvalue weighted by Gasteiger charge is -2.15. The first kappa shape index (κ1) is 20.7. The molecule has 3 N–H and O–H groups in total. The smallest absolute Gasteiger partial charge is 0.419 e. The number of hydrogen-bond donors (Lipinski definition) is 2. The summed E-state index contributed by atoms with van der Waals surface area (Å²) in [6.07, 6.45) is -4.80. The Morgan fingerprint density at radius 2 is 1.93 bits per heavy atom. The normalized spacial score (nSPS) is 14.0. The van der Waals surface area contributed by atoms with Crippen molar-refractivity contribution in [2.24, 2.45) is 5.73 Å². The van der Waals surface area contributed by atoms with Gasteiger partial charge in [0, 0.05) is 17.7 Å². The monoisotopic (exact) mass is 414 g/mol. The third-order valence-electron chi connectivity index (χ3n) is 4.36. The molecule has 0 aromatic heterocycles. The van der Waals surface area contributed by atoms with E-state index in [9.17, 15) is 22.4 Å². The van der Waals surface area contributed by atoms with Gasteiger partial charge in [0.1, 0.15) is 12.4 Å². The minimum atomic E-state index is -4.80. The van der Waals surface area contributed by atoms with Crippen molar-refractivity contribution < 1.29 is 36.6 Å². The second-order valence-corrected chi connectivity index (χ2v) is 6.36. The molecule has 156 valence electrons. The highest BCUT2D eigenvalue weighted by Gasteiger charge is 2.35. The fourth-order valence-corrected chi connectivity index (χ4v) is 2.71. The van der Waals surface area contributed by atoms with Gasteiger partial charge in [-0.1, -0.05) is 18.2 Å². The number of halogens is 4. The number of alkyl halides is 3. The minimum Gasteiger partial charge on any atom is -0.485 e. The topological polar surface area (TPSA) is 82.8 Å². The largest absolute Gasteiger partial charge is 0.485 e. The van der Waals surface area contributed by atoms with Gasteiger partial charge in [0.2, 0.25) is 18.4 Å². The van der Waals surface area contributed by atoms with E-state index in [4.69, 9.17) is 19.9 Å². The fraction of sp³-hybridized carbons (Fsp3) is 0.316.